The van der Waals surface area contributed by atoms with Crippen LogP contribution in [0.15, 0.2) is 29.1 Å². The number of rotatable bonds is 4. The summed E-state index contributed by atoms with van der Waals surface area (Å²) in [4.78, 5) is 13.7. The van der Waals surface area contributed by atoms with E-state index in [-0.39, 0.29) is 11.2 Å². The van der Waals surface area contributed by atoms with Crippen molar-refractivity contribution in [3.63, 3.8) is 0 Å². The van der Waals surface area contributed by atoms with E-state index in [0.29, 0.717) is 6.42 Å². The molecule has 2 aromatic heterocycles. The van der Waals surface area contributed by atoms with Gasteiger partial charge in [0.25, 0.3) is 0 Å². The van der Waals surface area contributed by atoms with E-state index in [9.17, 15) is 4.79 Å². The normalized spacial score (nSPS) is 16.8. The fourth-order valence-electron chi connectivity index (χ4n) is 2.79. The van der Waals surface area contributed by atoms with E-state index in [0.717, 1.165) is 32.5 Å². The number of carbonyl (C=O) groups is 1. The van der Waals surface area contributed by atoms with Gasteiger partial charge in [0.05, 0.1) is 9.09 Å². The van der Waals surface area contributed by atoms with Crippen LogP contribution in [-0.4, -0.2) is 21.7 Å². The van der Waals surface area contributed by atoms with Crippen LogP contribution in [0, 0.1) is 5.41 Å². The van der Waals surface area contributed by atoms with Gasteiger partial charge in [-0.2, -0.15) is 5.10 Å². The van der Waals surface area contributed by atoms with Crippen molar-refractivity contribution in [3.8, 4) is 10.6 Å². The number of carbonyl (C=O) groups excluding carboxylic acids is 1. The van der Waals surface area contributed by atoms with Gasteiger partial charge in [-0.1, -0.05) is 19.9 Å². The molecular weight excluding hydrogens is 300 g/mol. The second-order valence-electron chi connectivity index (χ2n) is 6.07. The number of nitrogens with zero attached hydrogens (tertiary/aromatic N) is 1. The number of H-pyrrole nitrogens is 1. The molecule has 2 aromatic rings. The second-order valence-corrected chi connectivity index (χ2v) is 8.38. The highest BCUT2D eigenvalue weighted by atomic mass is 32.2. The summed E-state index contributed by atoms with van der Waals surface area (Å²) < 4.78 is 1.11. The zero-order valence-corrected chi connectivity index (χ0v) is 13.9. The largest absolute Gasteiger partial charge is 0.294 e. The van der Waals surface area contributed by atoms with Gasteiger partial charge in [-0.25, -0.2) is 0 Å². The highest BCUT2D eigenvalue weighted by Crippen LogP contribution is 2.48. The summed E-state index contributed by atoms with van der Waals surface area (Å²) in [5.74, 6) is 1.09. The minimum absolute atomic E-state index is 0.0244. The Morgan fingerprint density at radius 2 is 2.33 bits per heavy atom. The predicted octanol–water partition coefficient (Wildman–Crippen LogP) is 4.57. The number of fused-ring (bicyclic) bond motifs is 1. The Balaban J connectivity index is 2.14. The first-order valence-corrected chi connectivity index (χ1v) is 8.75. The van der Waals surface area contributed by atoms with Gasteiger partial charge in [-0.05, 0) is 23.5 Å². The third kappa shape index (κ3) is 2.72. The third-order valence-electron chi connectivity index (χ3n) is 3.61. The number of nitrogens with one attached hydrogen (secondary N) is 1. The first-order chi connectivity index (χ1) is 10.0. The fourth-order valence-corrected chi connectivity index (χ4v) is 5.17. The maximum Gasteiger partial charge on any atom is 0.165 e. The van der Waals surface area contributed by atoms with E-state index in [4.69, 9.17) is 0 Å². The van der Waals surface area contributed by atoms with Gasteiger partial charge < -0.3 is 0 Å². The first kappa shape index (κ1) is 14.6. The molecule has 0 saturated carbocycles. The molecule has 1 aliphatic rings. The molecule has 21 heavy (non-hydrogen) atoms. The summed E-state index contributed by atoms with van der Waals surface area (Å²) in [5.41, 5.74) is 3.08. The maximum absolute atomic E-state index is 12.6. The van der Waals surface area contributed by atoms with Gasteiger partial charge in [0.1, 0.15) is 5.69 Å². The summed E-state index contributed by atoms with van der Waals surface area (Å²) in [5, 5.41) is 7.17. The van der Waals surface area contributed by atoms with E-state index in [1.807, 2.05) is 18.3 Å². The van der Waals surface area contributed by atoms with Gasteiger partial charge in [-0.3, -0.25) is 9.89 Å². The van der Waals surface area contributed by atoms with Crippen LogP contribution in [0.5, 0.6) is 0 Å². The van der Waals surface area contributed by atoms with Gasteiger partial charge in [0.2, 0.25) is 0 Å². The lowest BCUT2D eigenvalue weighted by atomic mass is 9.74. The lowest BCUT2D eigenvalue weighted by Crippen LogP contribution is -2.26. The standard InChI is InChI=1S/C16H18N2OS2/c1-4-7-20-15-13-10(8-16(2,3)9-12(13)19)14(21-15)11-5-6-17-18-11/h4-6H,1,7-9H2,2-3H3,(H,17,18). The molecular formula is C16H18N2OS2. The molecule has 0 atom stereocenters. The highest BCUT2D eigenvalue weighted by Gasteiger charge is 2.36. The average Bonchev–Trinajstić information content (AvgIpc) is 3.01. The Morgan fingerprint density at radius 1 is 1.52 bits per heavy atom. The van der Waals surface area contributed by atoms with Gasteiger partial charge in [0, 0.05) is 23.9 Å². The van der Waals surface area contributed by atoms with E-state index in [1.165, 1.54) is 5.56 Å². The molecule has 3 rings (SSSR count). The summed E-state index contributed by atoms with van der Waals surface area (Å²) in [6, 6.07) is 1.97. The smallest absolute Gasteiger partial charge is 0.165 e. The quantitative estimate of drug-likeness (QED) is 0.663. The SMILES string of the molecule is C=CCSc1sc(-c2cc[nH]n2)c2c1C(=O)CC(C)(C)C2. The number of thioether (sulfide) groups is 1. The molecule has 5 heteroatoms. The number of aromatic amines is 1. The number of Topliss-reactive ketones (excluding diaryl/α,β-unsaturated/α-hetero) is 1. The highest BCUT2D eigenvalue weighted by molar-refractivity contribution is 8.01. The van der Waals surface area contributed by atoms with Crippen LogP contribution in [0.2, 0.25) is 0 Å². The molecule has 3 nitrogen and oxygen atoms in total. The van der Waals surface area contributed by atoms with Crippen LogP contribution >= 0.6 is 23.1 Å². The monoisotopic (exact) mass is 318 g/mol. The van der Waals surface area contributed by atoms with E-state index in [1.54, 1.807) is 23.1 Å². The Morgan fingerprint density at radius 3 is 3.00 bits per heavy atom. The lowest BCUT2D eigenvalue weighted by molar-refractivity contribution is 0.0910. The maximum atomic E-state index is 12.6. The molecule has 2 heterocycles. The molecule has 1 N–H and O–H groups in total. The van der Waals surface area contributed by atoms with E-state index in [2.05, 4.69) is 30.6 Å². The molecule has 0 saturated heterocycles. The molecule has 0 radical (unpaired) electrons. The lowest BCUT2D eigenvalue weighted by Gasteiger charge is -2.29. The average molecular weight is 318 g/mol. The molecule has 0 aromatic carbocycles. The van der Waals surface area contributed by atoms with Crippen LogP contribution in [0.1, 0.15) is 36.2 Å². The number of ketones is 1. The van der Waals surface area contributed by atoms with Crippen LogP contribution in [0.25, 0.3) is 10.6 Å². The third-order valence-corrected chi connectivity index (χ3v) is 6.14. The van der Waals surface area contributed by atoms with Crippen molar-refractivity contribution >= 4 is 28.9 Å². The molecule has 1 aliphatic carbocycles. The van der Waals surface area contributed by atoms with Gasteiger partial charge >= 0.3 is 0 Å². The van der Waals surface area contributed by atoms with E-state index < -0.39 is 0 Å². The topological polar surface area (TPSA) is 45.8 Å². The Bertz CT molecular complexity index is 683. The number of aromatic nitrogens is 2. The zero-order valence-electron chi connectivity index (χ0n) is 12.2. The number of hydrogen-bond acceptors (Lipinski definition) is 4. The summed E-state index contributed by atoms with van der Waals surface area (Å²) >= 11 is 3.39. The predicted molar refractivity (Wildman–Crippen MR) is 89.3 cm³/mol. The Hall–Kier alpha value is -1.33. The van der Waals surface area contributed by atoms with Gasteiger partial charge in [-0.15, -0.1) is 29.7 Å². The molecule has 0 fully saturated rings. The zero-order chi connectivity index (χ0) is 15.0. The molecule has 0 unspecified atom stereocenters. The van der Waals surface area contributed by atoms with Crippen molar-refractivity contribution in [1.82, 2.24) is 10.2 Å². The minimum Gasteiger partial charge on any atom is -0.294 e. The number of thiophene rings is 1. The van der Waals surface area contributed by atoms with Crippen molar-refractivity contribution < 1.29 is 4.79 Å². The molecule has 0 bridgehead atoms. The molecule has 0 spiro atoms. The van der Waals surface area contributed by atoms with Crippen molar-refractivity contribution in [2.45, 2.75) is 30.9 Å². The number of hydrogen-bond donors (Lipinski definition) is 1. The first-order valence-electron chi connectivity index (χ1n) is 6.94. The van der Waals surface area contributed by atoms with Crippen LogP contribution in [0.4, 0.5) is 0 Å². The molecule has 0 amide bonds. The van der Waals surface area contributed by atoms with Crippen LogP contribution in [0.3, 0.4) is 0 Å². The molecule has 110 valence electrons. The summed E-state index contributed by atoms with van der Waals surface area (Å²) in [7, 11) is 0. The Labute approximate surface area is 132 Å². The minimum atomic E-state index is 0.0244. The van der Waals surface area contributed by atoms with Crippen molar-refractivity contribution in [3.05, 3.63) is 36.0 Å². The summed E-state index contributed by atoms with van der Waals surface area (Å²) in [6.07, 6.45) is 5.26. The van der Waals surface area contributed by atoms with Crippen molar-refractivity contribution in [2.75, 3.05) is 5.75 Å². The fraction of sp³-hybridized carbons (Fsp3) is 0.375. The van der Waals surface area contributed by atoms with Gasteiger partial charge in [0.15, 0.2) is 5.78 Å². The van der Waals surface area contributed by atoms with Crippen LogP contribution in [-0.2, 0) is 6.42 Å². The summed E-state index contributed by atoms with van der Waals surface area (Å²) in [6.45, 7) is 8.09. The Kier molecular flexibility index (Phi) is 3.80. The van der Waals surface area contributed by atoms with E-state index >= 15 is 0 Å². The van der Waals surface area contributed by atoms with Crippen LogP contribution < -0.4 is 0 Å². The van der Waals surface area contributed by atoms with Crippen molar-refractivity contribution in [2.24, 2.45) is 5.41 Å². The second kappa shape index (κ2) is 5.46. The van der Waals surface area contributed by atoms with Crippen molar-refractivity contribution in [1.29, 1.82) is 0 Å². The molecule has 0 aliphatic heterocycles.